The molecule has 136 valence electrons. The van der Waals surface area contributed by atoms with Gasteiger partial charge in [0.25, 0.3) is 6.01 Å². The van der Waals surface area contributed by atoms with Crippen LogP contribution in [0.3, 0.4) is 0 Å². The van der Waals surface area contributed by atoms with Crippen LogP contribution in [0.25, 0.3) is 11.2 Å². The van der Waals surface area contributed by atoms with Gasteiger partial charge in [-0.15, -0.1) is 0 Å². The van der Waals surface area contributed by atoms with Crippen LogP contribution in [0.15, 0.2) is 40.9 Å². The Hall–Kier alpha value is -2.72. The Morgan fingerprint density at radius 1 is 1.08 bits per heavy atom. The van der Waals surface area contributed by atoms with Crippen LogP contribution in [0, 0.1) is 6.92 Å². The Balaban J connectivity index is 1.44. The number of piperazine rings is 1. The van der Waals surface area contributed by atoms with Gasteiger partial charge >= 0.3 is 10.2 Å². The SMILES string of the molecule is Cc1cccc(NS(=O)(=O)N2CCN(c3nc4ncccc4o3)CC2)n1. The molecule has 0 radical (unpaired) electrons. The maximum absolute atomic E-state index is 12.6. The van der Waals surface area contributed by atoms with Crippen molar-refractivity contribution >= 4 is 33.3 Å². The average molecular weight is 374 g/mol. The molecule has 1 aliphatic heterocycles. The maximum atomic E-state index is 12.6. The summed E-state index contributed by atoms with van der Waals surface area (Å²) >= 11 is 0. The van der Waals surface area contributed by atoms with E-state index in [4.69, 9.17) is 4.42 Å². The zero-order chi connectivity index (χ0) is 18.1. The summed E-state index contributed by atoms with van der Waals surface area (Å²) in [6, 6.07) is 9.26. The summed E-state index contributed by atoms with van der Waals surface area (Å²) in [6.07, 6.45) is 1.66. The predicted molar refractivity (Wildman–Crippen MR) is 97.1 cm³/mol. The minimum Gasteiger partial charge on any atom is -0.422 e. The fourth-order valence-corrected chi connectivity index (χ4v) is 3.96. The third-order valence-corrected chi connectivity index (χ3v) is 5.64. The summed E-state index contributed by atoms with van der Waals surface area (Å²) in [6.45, 7) is 3.43. The van der Waals surface area contributed by atoms with E-state index in [-0.39, 0.29) is 0 Å². The van der Waals surface area contributed by atoms with Crippen LogP contribution in [0.1, 0.15) is 5.69 Å². The number of pyridine rings is 2. The van der Waals surface area contributed by atoms with Crippen LogP contribution in [-0.4, -0.2) is 53.9 Å². The van der Waals surface area contributed by atoms with Crippen LogP contribution >= 0.6 is 0 Å². The topological polar surface area (TPSA) is 104 Å². The van der Waals surface area contributed by atoms with E-state index in [0.29, 0.717) is 49.2 Å². The van der Waals surface area contributed by atoms with Crippen molar-refractivity contribution in [3.8, 4) is 0 Å². The predicted octanol–water partition coefficient (Wildman–Crippen LogP) is 1.41. The first kappa shape index (κ1) is 16.7. The molecule has 3 aromatic rings. The van der Waals surface area contributed by atoms with E-state index in [1.807, 2.05) is 17.9 Å². The van der Waals surface area contributed by atoms with Crippen molar-refractivity contribution in [1.82, 2.24) is 19.3 Å². The Bertz CT molecular complexity index is 994. The molecule has 9 nitrogen and oxygen atoms in total. The molecule has 1 saturated heterocycles. The van der Waals surface area contributed by atoms with Gasteiger partial charge < -0.3 is 9.32 Å². The molecule has 0 unspecified atom stereocenters. The number of aryl methyl sites for hydroxylation is 1. The zero-order valence-electron chi connectivity index (χ0n) is 14.2. The normalized spacial score (nSPS) is 16.1. The molecule has 0 aromatic carbocycles. The lowest BCUT2D eigenvalue weighted by Crippen LogP contribution is -2.50. The Labute approximate surface area is 150 Å². The van der Waals surface area contributed by atoms with Gasteiger partial charge in [0.05, 0.1) is 0 Å². The Morgan fingerprint density at radius 2 is 1.88 bits per heavy atom. The second-order valence-electron chi connectivity index (χ2n) is 5.98. The van der Waals surface area contributed by atoms with Gasteiger partial charge in [0.1, 0.15) is 5.82 Å². The summed E-state index contributed by atoms with van der Waals surface area (Å²) < 4.78 is 34.7. The molecule has 1 fully saturated rings. The number of oxazole rings is 1. The van der Waals surface area contributed by atoms with Crippen molar-refractivity contribution < 1.29 is 12.8 Å². The van der Waals surface area contributed by atoms with E-state index >= 15 is 0 Å². The third kappa shape index (κ3) is 3.33. The Morgan fingerprint density at radius 3 is 2.62 bits per heavy atom. The van der Waals surface area contributed by atoms with E-state index in [0.717, 1.165) is 5.69 Å². The van der Waals surface area contributed by atoms with Crippen LogP contribution in [0.2, 0.25) is 0 Å². The second-order valence-corrected chi connectivity index (χ2v) is 7.65. The van der Waals surface area contributed by atoms with Gasteiger partial charge in [-0.1, -0.05) is 6.07 Å². The van der Waals surface area contributed by atoms with E-state index < -0.39 is 10.2 Å². The molecule has 1 N–H and O–H groups in total. The molecular formula is C16H18N6O3S. The van der Waals surface area contributed by atoms with Gasteiger partial charge in [-0.05, 0) is 31.2 Å². The molecule has 0 amide bonds. The van der Waals surface area contributed by atoms with Crippen LogP contribution in [0.5, 0.6) is 0 Å². The molecule has 1 aliphatic rings. The fourth-order valence-electron chi connectivity index (χ4n) is 2.81. The average Bonchev–Trinajstić information content (AvgIpc) is 3.06. The first-order valence-electron chi connectivity index (χ1n) is 8.19. The lowest BCUT2D eigenvalue weighted by Gasteiger charge is -2.32. The molecule has 4 rings (SSSR count). The molecule has 0 saturated carbocycles. The number of fused-ring (bicyclic) bond motifs is 1. The standard InChI is InChI=1S/C16H18N6O3S/c1-12-4-2-6-14(18-12)20-26(23,24)22-10-8-21(9-11-22)16-19-15-13(25-16)5-3-7-17-15/h2-7H,8-11H2,1H3,(H,18,20). The van der Waals surface area contributed by atoms with E-state index in [2.05, 4.69) is 19.7 Å². The van der Waals surface area contributed by atoms with Crippen molar-refractivity contribution in [3.05, 3.63) is 42.2 Å². The lowest BCUT2D eigenvalue weighted by atomic mass is 10.4. The van der Waals surface area contributed by atoms with Crippen molar-refractivity contribution in [2.75, 3.05) is 35.8 Å². The highest BCUT2D eigenvalue weighted by Crippen LogP contribution is 2.22. The number of hydrogen-bond acceptors (Lipinski definition) is 7. The highest BCUT2D eigenvalue weighted by Gasteiger charge is 2.29. The molecule has 4 heterocycles. The molecule has 0 aliphatic carbocycles. The first-order chi connectivity index (χ1) is 12.5. The minimum absolute atomic E-state index is 0.317. The van der Waals surface area contributed by atoms with Crippen molar-refractivity contribution in [1.29, 1.82) is 0 Å². The molecule has 3 aromatic heterocycles. The highest BCUT2D eigenvalue weighted by atomic mass is 32.2. The number of aromatic nitrogens is 3. The highest BCUT2D eigenvalue weighted by molar-refractivity contribution is 7.90. The van der Waals surface area contributed by atoms with Crippen molar-refractivity contribution in [2.24, 2.45) is 0 Å². The van der Waals surface area contributed by atoms with Gasteiger partial charge in [-0.3, -0.25) is 4.72 Å². The minimum atomic E-state index is -3.65. The monoisotopic (exact) mass is 374 g/mol. The largest absolute Gasteiger partial charge is 0.422 e. The van der Waals surface area contributed by atoms with Gasteiger partial charge in [0.15, 0.2) is 5.58 Å². The summed E-state index contributed by atoms with van der Waals surface area (Å²) in [5.41, 5.74) is 1.91. The molecule has 0 atom stereocenters. The van der Waals surface area contributed by atoms with Gasteiger partial charge in [0, 0.05) is 38.1 Å². The number of nitrogens with zero attached hydrogens (tertiary/aromatic N) is 5. The molecule has 26 heavy (non-hydrogen) atoms. The molecule has 0 bridgehead atoms. The number of rotatable bonds is 4. The second kappa shape index (κ2) is 6.54. The third-order valence-electron chi connectivity index (χ3n) is 4.12. The van der Waals surface area contributed by atoms with Crippen LogP contribution < -0.4 is 9.62 Å². The fraction of sp³-hybridized carbons (Fsp3) is 0.312. The molecule has 10 heteroatoms. The number of anilines is 2. The number of nitrogens with one attached hydrogen (secondary N) is 1. The lowest BCUT2D eigenvalue weighted by molar-refractivity contribution is 0.376. The summed E-state index contributed by atoms with van der Waals surface area (Å²) in [5.74, 6) is 0.317. The van der Waals surface area contributed by atoms with Gasteiger partial charge in [-0.25, -0.2) is 9.97 Å². The van der Waals surface area contributed by atoms with Gasteiger partial charge in [0.2, 0.25) is 5.65 Å². The van der Waals surface area contributed by atoms with Crippen molar-refractivity contribution in [2.45, 2.75) is 6.92 Å². The van der Waals surface area contributed by atoms with E-state index in [1.165, 1.54) is 4.31 Å². The van der Waals surface area contributed by atoms with Gasteiger partial charge in [-0.2, -0.15) is 17.7 Å². The van der Waals surface area contributed by atoms with E-state index in [1.54, 1.807) is 30.5 Å². The maximum Gasteiger partial charge on any atom is 0.302 e. The summed E-state index contributed by atoms with van der Waals surface area (Å²) in [5, 5.41) is 0. The smallest absolute Gasteiger partial charge is 0.302 e. The van der Waals surface area contributed by atoms with Crippen molar-refractivity contribution in [3.63, 3.8) is 0 Å². The molecular weight excluding hydrogens is 356 g/mol. The quantitative estimate of drug-likeness (QED) is 0.736. The van der Waals surface area contributed by atoms with E-state index in [9.17, 15) is 8.42 Å². The zero-order valence-corrected chi connectivity index (χ0v) is 15.0. The Kier molecular flexibility index (Phi) is 4.21. The molecule has 0 spiro atoms. The first-order valence-corrected chi connectivity index (χ1v) is 9.63. The number of hydrogen-bond donors (Lipinski definition) is 1. The summed E-state index contributed by atoms with van der Waals surface area (Å²) in [7, 11) is -3.65. The van der Waals surface area contributed by atoms with Crippen LogP contribution in [-0.2, 0) is 10.2 Å². The summed E-state index contributed by atoms with van der Waals surface area (Å²) in [4.78, 5) is 14.6. The van der Waals surface area contributed by atoms with Crippen LogP contribution in [0.4, 0.5) is 11.8 Å².